The second kappa shape index (κ2) is 5.10. The minimum atomic E-state index is -1.04. The third-order valence-electron chi connectivity index (χ3n) is 1.79. The third kappa shape index (κ3) is 2.54. The minimum absolute atomic E-state index is 0.154. The number of rotatable bonds is 4. The molecule has 0 saturated heterocycles. The number of carbonyl (C=O) groups excluding carboxylic acids is 1. The topological polar surface area (TPSA) is 17.1 Å². The van der Waals surface area contributed by atoms with E-state index in [1.807, 2.05) is 6.26 Å². The summed E-state index contributed by atoms with van der Waals surface area (Å²) >= 11 is 1.50. The fourth-order valence-corrected chi connectivity index (χ4v) is 1.44. The molecule has 0 spiro atoms. The van der Waals surface area contributed by atoms with Crippen molar-refractivity contribution in [2.24, 2.45) is 0 Å². The number of carbonyl (C=O) groups is 1. The van der Waals surface area contributed by atoms with Gasteiger partial charge in [-0.25, -0.2) is 8.78 Å². The maximum absolute atomic E-state index is 13.1. The molecular weight excluding hydrogens is 206 g/mol. The second-order valence-electron chi connectivity index (χ2n) is 2.77. The van der Waals surface area contributed by atoms with Gasteiger partial charge in [-0.3, -0.25) is 4.79 Å². The van der Waals surface area contributed by atoms with Crippen LogP contribution in [0.15, 0.2) is 18.2 Å². The highest BCUT2D eigenvalue weighted by Gasteiger charge is 2.13. The summed E-state index contributed by atoms with van der Waals surface area (Å²) < 4.78 is 25.8. The summed E-state index contributed by atoms with van der Waals surface area (Å²) in [5.74, 6) is -1.75. The lowest BCUT2D eigenvalue weighted by atomic mass is 10.1. The highest BCUT2D eigenvalue weighted by atomic mass is 32.2. The van der Waals surface area contributed by atoms with Crippen molar-refractivity contribution in [1.82, 2.24) is 0 Å². The SMILES string of the molecule is CSCCC(=O)c1cccc(F)c1F. The smallest absolute Gasteiger partial charge is 0.169 e. The van der Waals surface area contributed by atoms with Crippen LogP contribution in [0, 0.1) is 11.6 Å². The molecule has 1 rings (SSSR count). The van der Waals surface area contributed by atoms with Crippen molar-refractivity contribution in [3.8, 4) is 0 Å². The van der Waals surface area contributed by atoms with Gasteiger partial charge in [0.25, 0.3) is 0 Å². The Hall–Kier alpha value is -0.900. The first-order chi connectivity index (χ1) is 6.66. The zero-order chi connectivity index (χ0) is 10.6. The number of hydrogen-bond acceptors (Lipinski definition) is 2. The Morgan fingerprint density at radius 3 is 2.79 bits per heavy atom. The Labute approximate surface area is 85.5 Å². The molecule has 14 heavy (non-hydrogen) atoms. The lowest BCUT2D eigenvalue weighted by Crippen LogP contribution is -2.05. The molecule has 0 aromatic heterocycles. The van der Waals surface area contributed by atoms with Crippen LogP contribution in [0.4, 0.5) is 8.78 Å². The molecule has 0 atom stereocenters. The van der Waals surface area contributed by atoms with Crippen LogP contribution in [0.3, 0.4) is 0 Å². The second-order valence-corrected chi connectivity index (χ2v) is 3.75. The van der Waals surface area contributed by atoms with Crippen molar-refractivity contribution in [3.05, 3.63) is 35.4 Å². The van der Waals surface area contributed by atoms with E-state index < -0.39 is 11.6 Å². The zero-order valence-corrected chi connectivity index (χ0v) is 8.54. The maximum atomic E-state index is 13.1. The molecule has 0 radical (unpaired) electrons. The lowest BCUT2D eigenvalue weighted by Gasteiger charge is -2.01. The van der Waals surface area contributed by atoms with Crippen LogP contribution >= 0.6 is 11.8 Å². The van der Waals surface area contributed by atoms with Gasteiger partial charge in [0.15, 0.2) is 17.4 Å². The summed E-state index contributed by atoms with van der Waals surface area (Å²) in [5.41, 5.74) is -0.154. The first kappa shape index (κ1) is 11.2. The fourth-order valence-electron chi connectivity index (χ4n) is 1.05. The predicted octanol–water partition coefficient (Wildman–Crippen LogP) is 2.90. The van der Waals surface area contributed by atoms with E-state index in [9.17, 15) is 13.6 Å². The van der Waals surface area contributed by atoms with Crippen LogP contribution in [0.1, 0.15) is 16.8 Å². The van der Waals surface area contributed by atoms with E-state index in [1.54, 1.807) is 0 Å². The van der Waals surface area contributed by atoms with Crippen molar-refractivity contribution >= 4 is 17.5 Å². The van der Waals surface area contributed by atoms with E-state index in [-0.39, 0.29) is 17.8 Å². The molecule has 1 nitrogen and oxygen atoms in total. The Kier molecular flexibility index (Phi) is 4.07. The molecule has 0 saturated carbocycles. The standard InChI is InChI=1S/C10H10F2OS/c1-14-6-5-9(13)7-3-2-4-8(11)10(7)12/h2-4H,5-6H2,1H3. The quantitative estimate of drug-likeness (QED) is 0.720. The van der Waals surface area contributed by atoms with E-state index in [2.05, 4.69) is 0 Å². The van der Waals surface area contributed by atoms with Crippen molar-refractivity contribution in [3.63, 3.8) is 0 Å². The summed E-state index contributed by atoms with van der Waals surface area (Å²) in [4.78, 5) is 11.4. The van der Waals surface area contributed by atoms with Crippen LogP contribution < -0.4 is 0 Å². The van der Waals surface area contributed by atoms with Crippen LogP contribution in [0.2, 0.25) is 0 Å². The summed E-state index contributed by atoms with van der Waals surface area (Å²) in [6.07, 6.45) is 2.09. The molecule has 0 N–H and O–H groups in total. The van der Waals surface area contributed by atoms with Crippen LogP contribution in [-0.2, 0) is 0 Å². The first-order valence-corrected chi connectivity index (χ1v) is 5.52. The van der Waals surface area contributed by atoms with E-state index >= 15 is 0 Å². The van der Waals surface area contributed by atoms with Gasteiger partial charge in [-0.1, -0.05) is 6.07 Å². The number of ketones is 1. The molecule has 0 aliphatic heterocycles. The zero-order valence-electron chi connectivity index (χ0n) is 7.72. The molecule has 0 aliphatic rings. The molecule has 0 aliphatic carbocycles. The average Bonchev–Trinajstić information content (AvgIpc) is 2.18. The summed E-state index contributed by atoms with van der Waals surface area (Å²) in [6, 6.07) is 3.65. The minimum Gasteiger partial charge on any atom is -0.294 e. The summed E-state index contributed by atoms with van der Waals surface area (Å²) in [7, 11) is 0. The number of Topliss-reactive ketones (excluding diaryl/α,β-unsaturated/α-hetero) is 1. The van der Waals surface area contributed by atoms with Gasteiger partial charge in [0.05, 0.1) is 5.56 Å². The maximum Gasteiger partial charge on any atom is 0.169 e. The molecule has 1 aromatic carbocycles. The van der Waals surface area contributed by atoms with Crippen LogP contribution in [-0.4, -0.2) is 17.8 Å². The van der Waals surface area contributed by atoms with Crippen LogP contribution in [0.5, 0.6) is 0 Å². The van der Waals surface area contributed by atoms with Gasteiger partial charge in [-0.05, 0) is 18.4 Å². The number of halogens is 2. The summed E-state index contributed by atoms with van der Waals surface area (Å²) in [5, 5.41) is 0. The van der Waals surface area contributed by atoms with Crippen molar-refractivity contribution < 1.29 is 13.6 Å². The largest absolute Gasteiger partial charge is 0.294 e. The molecule has 0 heterocycles. The monoisotopic (exact) mass is 216 g/mol. The average molecular weight is 216 g/mol. The highest BCUT2D eigenvalue weighted by molar-refractivity contribution is 7.98. The van der Waals surface area contributed by atoms with Gasteiger partial charge in [-0.2, -0.15) is 11.8 Å². The molecule has 4 heteroatoms. The molecule has 0 bridgehead atoms. The predicted molar refractivity (Wildman–Crippen MR) is 53.7 cm³/mol. The molecule has 0 fully saturated rings. The Balaban J connectivity index is 2.84. The van der Waals surface area contributed by atoms with E-state index in [0.717, 1.165) is 6.07 Å². The third-order valence-corrected chi connectivity index (χ3v) is 2.40. The van der Waals surface area contributed by atoms with Crippen molar-refractivity contribution in [2.45, 2.75) is 6.42 Å². The number of thioether (sulfide) groups is 1. The van der Waals surface area contributed by atoms with Crippen LogP contribution in [0.25, 0.3) is 0 Å². The van der Waals surface area contributed by atoms with Gasteiger partial charge in [-0.15, -0.1) is 0 Å². The highest BCUT2D eigenvalue weighted by Crippen LogP contribution is 2.14. The Bertz CT molecular complexity index is 339. The molecule has 0 unspecified atom stereocenters. The molecular formula is C10H10F2OS. The fraction of sp³-hybridized carbons (Fsp3) is 0.300. The normalized spacial score (nSPS) is 10.2. The van der Waals surface area contributed by atoms with E-state index in [1.165, 1.54) is 23.9 Å². The Morgan fingerprint density at radius 1 is 1.43 bits per heavy atom. The molecule has 0 amide bonds. The van der Waals surface area contributed by atoms with E-state index in [4.69, 9.17) is 0 Å². The first-order valence-electron chi connectivity index (χ1n) is 4.13. The van der Waals surface area contributed by atoms with Gasteiger partial charge in [0, 0.05) is 12.2 Å². The van der Waals surface area contributed by atoms with Gasteiger partial charge < -0.3 is 0 Å². The summed E-state index contributed by atoms with van der Waals surface area (Å²) in [6.45, 7) is 0. The van der Waals surface area contributed by atoms with Gasteiger partial charge >= 0.3 is 0 Å². The van der Waals surface area contributed by atoms with Gasteiger partial charge in [0.2, 0.25) is 0 Å². The lowest BCUT2D eigenvalue weighted by molar-refractivity contribution is 0.0984. The number of hydrogen-bond donors (Lipinski definition) is 0. The Morgan fingerprint density at radius 2 is 2.14 bits per heavy atom. The van der Waals surface area contributed by atoms with Crippen molar-refractivity contribution in [1.29, 1.82) is 0 Å². The van der Waals surface area contributed by atoms with Crippen molar-refractivity contribution in [2.75, 3.05) is 12.0 Å². The van der Waals surface area contributed by atoms with E-state index in [0.29, 0.717) is 5.75 Å². The number of benzene rings is 1. The molecule has 76 valence electrons. The van der Waals surface area contributed by atoms with Gasteiger partial charge in [0.1, 0.15) is 0 Å². The molecule has 1 aromatic rings.